The van der Waals surface area contributed by atoms with Gasteiger partial charge < -0.3 is 5.32 Å². The largest absolute Gasteiger partial charge is 0.316 e. The Balaban J connectivity index is 1.64. The smallest absolute Gasteiger partial charge is 0.0233 e. The fraction of sp³-hybridized carbons (Fsp3) is 0.600. The van der Waals surface area contributed by atoms with E-state index in [4.69, 9.17) is 0 Å². The van der Waals surface area contributed by atoms with Crippen LogP contribution in [0.5, 0.6) is 0 Å². The molecule has 0 radical (unpaired) electrons. The summed E-state index contributed by atoms with van der Waals surface area (Å²) < 4.78 is 0. The molecule has 1 aromatic carbocycles. The third-order valence-corrected chi connectivity index (χ3v) is 4.32. The van der Waals surface area contributed by atoms with Crippen LogP contribution < -0.4 is 5.32 Å². The molecule has 2 heteroatoms. The average Bonchev–Trinajstić information content (AvgIpc) is 2.79. The molecule has 17 heavy (non-hydrogen) atoms. The normalized spacial score (nSPS) is 29.9. The van der Waals surface area contributed by atoms with Gasteiger partial charge in [0.25, 0.3) is 0 Å². The molecule has 0 bridgehead atoms. The zero-order chi connectivity index (χ0) is 11.6. The molecule has 0 aromatic heterocycles. The van der Waals surface area contributed by atoms with Crippen LogP contribution in [0.4, 0.5) is 0 Å². The van der Waals surface area contributed by atoms with Gasteiger partial charge in [-0.2, -0.15) is 0 Å². The monoisotopic (exact) mass is 230 g/mol. The summed E-state index contributed by atoms with van der Waals surface area (Å²) in [6.45, 7) is 6.14. The lowest BCUT2D eigenvalue weighted by molar-refractivity contribution is 0.0978. The van der Waals surface area contributed by atoms with Crippen LogP contribution in [0.2, 0.25) is 0 Å². The predicted octanol–water partition coefficient (Wildman–Crippen LogP) is 2.26. The van der Waals surface area contributed by atoms with Crippen LogP contribution in [0, 0.1) is 5.41 Å². The van der Waals surface area contributed by atoms with Crippen LogP contribution in [-0.2, 0) is 6.54 Å². The molecule has 2 saturated heterocycles. The summed E-state index contributed by atoms with van der Waals surface area (Å²) in [7, 11) is 0. The van der Waals surface area contributed by atoms with Crippen LogP contribution in [0.15, 0.2) is 30.3 Å². The van der Waals surface area contributed by atoms with Gasteiger partial charge in [0.1, 0.15) is 0 Å². The maximum atomic E-state index is 3.54. The average molecular weight is 230 g/mol. The van der Waals surface area contributed by atoms with E-state index in [1.54, 1.807) is 0 Å². The molecule has 3 rings (SSSR count). The number of rotatable bonds is 2. The Morgan fingerprint density at radius 1 is 1.18 bits per heavy atom. The quantitative estimate of drug-likeness (QED) is 0.838. The first-order valence-electron chi connectivity index (χ1n) is 6.83. The minimum Gasteiger partial charge on any atom is -0.316 e. The highest BCUT2D eigenvalue weighted by atomic mass is 15.1. The van der Waals surface area contributed by atoms with E-state index >= 15 is 0 Å². The second-order valence-corrected chi connectivity index (χ2v) is 5.73. The highest BCUT2D eigenvalue weighted by molar-refractivity contribution is 5.14. The molecule has 2 aliphatic rings. The SMILES string of the molecule is c1ccc(CN2CCC[C@@]3(CCNC3)C2)cc1. The molecule has 2 aliphatic heterocycles. The molecule has 0 unspecified atom stereocenters. The van der Waals surface area contributed by atoms with Crippen molar-refractivity contribution in [3.63, 3.8) is 0 Å². The van der Waals surface area contributed by atoms with E-state index < -0.39 is 0 Å². The summed E-state index contributed by atoms with van der Waals surface area (Å²) in [6.07, 6.45) is 4.16. The zero-order valence-electron chi connectivity index (χ0n) is 10.5. The maximum Gasteiger partial charge on any atom is 0.0233 e. The van der Waals surface area contributed by atoms with Crippen molar-refractivity contribution in [1.29, 1.82) is 0 Å². The van der Waals surface area contributed by atoms with Crippen LogP contribution in [0.1, 0.15) is 24.8 Å². The number of hydrogen-bond donors (Lipinski definition) is 1. The molecule has 92 valence electrons. The standard InChI is InChI=1S/C15H22N2/c1-2-5-14(6-3-1)11-17-10-4-7-15(13-17)8-9-16-12-15/h1-3,5-6,16H,4,7-13H2/t15-/m0/s1. The summed E-state index contributed by atoms with van der Waals surface area (Å²) in [6, 6.07) is 10.9. The van der Waals surface area contributed by atoms with Crippen molar-refractivity contribution >= 4 is 0 Å². The lowest BCUT2D eigenvalue weighted by Gasteiger charge is -2.40. The van der Waals surface area contributed by atoms with Gasteiger partial charge in [-0.25, -0.2) is 0 Å². The number of benzene rings is 1. The number of nitrogens with zero attached hydrogens (tertiary/aromatic N) is 1. The van der Waals surface area contributed by atoms with Gasteiger partial charge in [0.2, 0.25) is 0 Å². The van der Waals surface area contributed by atoms with Gasteiger partial charge in [-0.15, -0.1) is 0 Å². The molecule has 0 saturated carbocycles. The van der Waals surface area contributed by atoms with Crippen molar-refractivity contribution in [2.24, 2.45) is 5.41 Å². The zero-order valence-corrected chi connectivity index (χ0v) is 10.5. The third kappa shape index (κ3) is 2.53. The van der Waals surface area contributed by atoms with Gasteiger partial charge in [0, 0.05) is 19.6 Å². The van der Waals surface area contributed by atoms with E-state index in [0.717, 1.165) is 6.54 Å². The summed E-state index contributed by atoms with van der Waals surface area (Å²) in [5.74, 6) is 0. The Morgan fingerprint density at radius 3 is 2.82 bits per heavy atom. The fourth-order valence-corrected chi connectivity index (χ4v) is 3.43. The summed E-state index contributed by atoms with van der Waals surface area (Å²) in [5, 5.41) is 3.54. The fourth-order valence-electron chi connectivity index (χ4n) is 3.43. The highest BCUT2D eigenvalue weighted by Crippen LogP contribution is 2.35. The summed E-state index contributed by atoms with van der Waals surface area (Å²) in [4.78, 5) is 2.64. The molecule has 0 aliphatic carbocycles. The Labute approximate surface area is 104 Å². The van der Waals surface area contributed by atoms with Gasteiger partial charge in [0.15, 0.2) is 0 Å². The minimum atomic E-state index is 0.590. The molecule has 2 nitrogen and oxygen atoms in total. The molecular formula is C15H22N2. The van der Waals surface area contributed by atoms with Crippen molar-refractivity contribution in [2.75, 3.05) is 26.2 Å². The van der Waals surface area contributed by atoms with Crippen molar-refractivity contribution in [2.45, 2.75) is 25.8 Å². The molecule has 1 aromatic rings. The van der Waals surface area contributed by atoms with Crippen molar-refractivity contribution in [3.05, 3.63) is 35.9 Å². The van der Waals surface area contributed by atoms with E-state index in [9.17, 15) is 0 Å². The lowest BCUT2D eigenvalue weighted by atomic mass is 9.79. The molecule has 1 N–H and O–H groups in total. The van der Waals surface area contributed by atoms with Crippen molar-refractivity contribution in [3.8, 4) is 0 Å². The van der Waals surface area contributed by atoms with E-state index in [1.807, 2.05) is 0 Å². The number of hydrogen-bond acceptors (Lipinski definition) is 2. The molecule has 2 fully saturated rings. The first-order valence-corrected chi connectivity index (χ1v) is 6.83. The second-order valence-electron chi connectivity index (χ2n) is 5.73. The van der Waals surface area contributed by atoms with Gasteiger partial charge in [-0.3, -0.25) is 4.90 Å². The summed E-state index contributed by atoms with van der Waals surface area (Å²) in [5.41, 5.74) is 2.04. The molecule has 1 atom stereocenters. The van der Waals surface area contributed by atoms with Crippen LogP contribution in [-0.4, -0.2) is 31.1 Å². The third-order valence-electron chi connectivity index (χ3n) is 4.32. The topological polar surface area (TPSA) is 15.3 Å². The molecule has 2 heterocycles. The first-order chi connectivity index (χ1) is 8.36. The molecule has 0 amide bonds. The van der Waals surface area contributed by atoms with Gasteiger partial charge >= 0.3 is 0 Å². The first kappa shape index (κ1) is 11.2. The van der Waals surface area contributed by atoms with Gasteiger partial charge in [-0.1, -0.05) is 30.3 Å². The number of piperidine rings is 1. The Morgan fingerprint density at radius 2 is 2.06 bits per heavy atom. The van der Waals surface area contributed by atoms with Crippen LogP contribution in [0.3, 0.4) is 0 Å². The number of likely N-dealkylation sites (tertiary alicyclic amines) is 1. The predicted molar refractivity (Wildman–Crippen MR) is 70.9 cm³/mol. The molecule has 1 spiro atoms. The Bertz CT molecular complexity index is 354. The highest BCUT2D eigenvalue weighted by Gasteiger charge is 2.37. The van der Waals surface area contributed by atoms with Crippen molar-refractivity contribution in [1.82, 2.24) is 10.2 Å². The lowest BCUT2D eigenvalue weighted by Crippen LogP contribution is -2.43. The minimum absolute atomic E-state index is 0.590. The van der Waals surface area contributed by atoms with Crippen LogP contribution >= 0.6 is 0 Å². The Hall–Kier alpha value is -0.860. The summed E-state index contributed by atoms with van der Waals surface area (Å²) >= 11 is 0. The second kappa shape index (κ2) is 4.79. The van der Waals surface area contributed by atoms with Gasteiger partial charge in [-0.05, 0) is 43.3 Å². The van der Waals surface area contributed by atoms with Crippen LogP contribution in [0.25, 0.3) is 0 Å². The van der Waals surface area contributed by atoms with E-state index in [2.05, 4.69) is 40.5 Å². The Kier molecular flexibility index (Phi) is 3.17. The maximum absolute atomic E-state index is 3.54. The van der Waals surface area contributed by atoms with E-state index in [0.29, 0.717) is 5.41 Å². The van der Waals surface area contributed by atoms with E-state index in [-0.39, 0.29) is 0 Å². The van der Waals surface area contributed by atoms with E-state index in [1.165, 1.54) is 51.0 Å². The molecular weight excluding hydrogens is 208 g/mol. The van der Waals surface area contributed by atoms with Crippen molar-refractivity contribution < 1.29 is 0 Å². The van der Waals surface area contributed by atoms with Gasteiger partial charge in [0.05, 0.1) is 0 Å². The number of nitrogens with one attached hydrogen (secondary N) is 1.